The maximum atomic E-state index is 17.8. The summed E-state index contributed by atoms with van der Waals surface area (Å²) in [6, 6.07) is 11.3. The molecule has 20 rings (SSSR count). The number of aryl methyl sites for hydroxylation is 1. The summed E-state index contributed by atoms with van der Waals surface area (Å²) >= 11 is 0. The van der Waals surface area contributed by atoms with Crippen molar-refractivity contribution in [2.75, 3.05) is 26.4 Å². The lowest BCUT2D eigenvalue weighted by atomic mass is 9.28. The number of hydrogen-bond donors (Lipinski definition) is 4. The van der Waals surface area contributed by atoms with Gasteiger partial charge in [0.2, 0.25) is 0 Å². The Morgan fingerprint density at radius 3 is 2.57 bits per heavy atom. The van der Waals surface area contributed by atoms with Crippen molar-refractivity contribution in [3.63, 3.8) is 0 Å². The molecule has 14 fully saturated rings. The van der Waals surface area contributed by atoms with Crippen LogP contribution in [0.2, 0.25) is 0 Å². The third-order valence-electron chi connectivity index (χ3n) is 32.7. The van der Waals surface area contributed by atoms with Crippen molar-refractivity contribution >= 4 is 17.7 Å². The number of aliphatic hydroxyl groups excluding tert-OH is 3. The fourth-order valence-corrected chi connectivity index (χ4v) is 30.3. The minimum absolute atomic E-state index is 0.0263. The van der Waals surface area contributed by atoms with E-state index in [4.69, 9.17) is 23.4 Å². The molecule has 5 saturated heterocycles. The number of Topliss-reactive ketones (excluding diaryl/α,β-unsaturated/α-hetero) is 1. The van der Waals surface area contributed by atoms with Crippen LogP contribution in [-0.4, -0.2) is 106 Å². The number of nitrogens with one attached hydrogen (secondary N) is 1. The van der Waals surface area contributed by atoms with Crippen LogP contribution in [0.1, 0.15) is 179 Å². The summed E-state index contributed by atoms with van der Waals surface area (Å²) in [5.74, 6) is 5.90. The van der Waals surface area contributed by atoms with Crippen molar-refractivity contribution < 1.29 is 53.1 Å². The van der Waals surface area contributed by atoms with Gasteiger partial charge in [-0.3, -0.25) is 14.9 Å². The van der Waals surface area contributed by atoms with Gasteiger partial charge in [-0.05, 0) is 234 Å². The summed E-state index contributed by atoms with van der Waals surface area (Å²) in [5.41, 5.74) is -5.01. The zero-order valence-corrected chi connectivity index (χ0v) is 54.8. The Hall–Kier alpha value is -4.29. The first-order valence-corrected chi connectivity index (χ1v) is 37.2. The molecule has 13 nitrogen and oxygen atoms in total. The Kier molecular flexibility index (Phi) is 11.9. The number of carbonyl (C=O) groups is 3. The van der Waals surface area contributed by atoms with Gasteiger partial charge in [-0.15, -0.1) is 0 Å². The van der Waals surface area contributed by atoms with E-state index in [2.05, 4.69) is 98.4 Å². The van der Waals surface area contributed by atoms with Crippen LogP contribution in [0.4, 0.5) is 0 Å². The van der Waals surface area contributed by atoms with Crippen LogP contribution in [0.15, 0.2) is 64.9 Å². The summed E-state index contributed by atoms with van der Waals surface area (Å²) < 4.78 is 38.7. The first-order chi connectivity index (χ1) is 44.4. The van der Waals surface area contributed by atoms with Crippen molar-refractivity contribution in [2.24, 2.45) is 121 Å². The van der Waals surface area contributed by atoms with Crippen LogP contribution in [0.25, 0.3) is 0 Å². The molecular formula is C79H98N2O11. The molecule has 490 valence electrons. The lowest BCUT2D eigenvalue weighted by Gasteiger charge is -2.74. The maximum absolute atomic E-state index is 17.8. The molecule has 13 heteroatoms. The highest BCUT2D eigenvalue weighted by Gasteiger charge is 3.01. The smallest absolute Gasteiger partial charge is 0.339 e. The van der Waals surface area contributed by atoms with E-state index in [9.17, 15) is 10.2 Å². The van der Waals surface area contributed by atoms with Crippen molar-refractivity contribution in [1.29, 1.82) is 0 Å². The van der Waals surface area contributed by atoms with Gasteiger partial charge < -0.3 is 43.6 Å². The molecular weight excluding hydrogens is 1150 g/mol. The standard InChI is InChI=1S/C79H98N2O11/c1-43(2)28-53-33-54-32-52-20-24-73(26-25-72(40-73)22-8-9-23-72)74(52)36-50-35-70(3)77-51(18-15-49-39-88-60(61(49)77)34-56(59(83)38-82)47-16-19-55-48(31-47)21-27-81-42-80-37-58(55)81)17-14-46-13-12-45(29-44-10-6-5-7-11-44)30-57(46)76(79(70)67(90-79)69(87)91-77)63(50)75-41-89-68(86)65(74)78(54,75)92-71(53,4)64(75)62(84)66(76)85/h5-7,10-11,21,27,33,39,43,45-48,50-53,55-59,63-67,80,82-83,85H,8-9,12-13,15-16,18-20,22-26,28-32,34-38,40-42H2,1-4H3/t45-,46+,47+,48+,50+,51+,52+,53-,55-,56-,57+,58-,59+,63+,64+,65-,66+,67+,70-,71-,73-,74+,75+,76-,77-,78-,79+/m0/s1. The van der Waals surface area contributed by atoms with Crippen LogP contribution < -0.4 is 5.32 Å². The van der Waals surface area contributed by atoms with Gasteiger partial charge in [-0.25, -0.2) is 4.79 Å². The van der Waals surface area contributed by atoms with E-state index in [-0.39, 0.29) is 83.1 Å². The number of fused-ring (bicyclic) bond motifs is 7. The molecule has 1 aromatic heterocycles. The van der Waals surface area contributed by atoms with Crippen LogP contribution in [0.5, 0.6) is 0 Å². The molecule has 2 aromatic rings. The number of hydrogen-bond acceptors (Lipinski definition) is 13. The van der Waals surface area contributed by atoms with E-state index in [0.29, 0.717) is 55.7 Å². The van der Waals surface area contributed by atoms with E-state index >= 15 is 19.5 Å². The number of cyclic esters (lactones) is 1. The predicted octanol–water partition coefficient (Wildman–Crippen LogP) is 10.7. The third-order valence-corrected chi connectivity index (χ3v) is 32.7. The first kappa shape index (κ1) is 57.9. The molecule has 11 aliphatic carbocycles. The summed E-state index contributed by atoms with van der Waals surface area (Å²) in [6.45, 7) is 10.6. The number of epoxide rings is 1. The Labute approximate surface area is 543 Å². The highest BCUT2D eigenvalue weighted by molar-refractivity contribution is 5.94. The summed E-state index contributed by atoms with van der Waals surface area (Å²) in [6.07, 6.45) is 26.5. The van der Waals surface area contributed by atoms with Gasteiger partial charge in [0.1, 0.15) is 29.7 Å². The third kappa shape index (κ3) is 6.45. The normalized spacial score (nSPS) is 52.1. The Morgan fingerprint density at radius 1 is 0.891 bits per heavy atom. The van der Waals surface area contributed by atoms with Gasteiger partial charge in [0.15, 0.2) is 17.5 Å². The molecule has 1 aromatic carbocycles. The number of ether oxygens (including phenoxy) is 4. The lowest BCUT2D eigenvalue weighted by Crippen LogP contribution is -2.84. The van der Waals surface area contributed by atoms with Gasteiger partial charge in [0.25, 0.3) is 0 Å². The number of carbonyl (C=O) groups excluding carboxylic acids is 3. The summed E-state index contributed by atoms with van der Waals surface area (Å²) in [4.78, 5) is 53.3. The highest BCUT2D eigenvalue weighted by Crippen LogP contribution is 2.93. The van der Waals surface area contributed by atoms with Crippen molar-refractivity contribution in [3.8, 4) is 11.8 Å². The number of furan rings is 1. The van der Waals surface area contributed by atoms with E-state index in [1.165, 1.54) is 43.2 Å². The quantitative estimate of drug-likeness (QED) is 0.0807. The van der Waals surface area contributed by atoms with Crippen LogP contribution in [-0.2, 0) is 58.2 Å². The molecule has 9 saturated carbocycles. The minimum atomic E-state index is -1.57. The molecule has 9 bridgehead atoms. The van der Waals surface area contributed by atoms with Crippen molar-refractivity contribution in [3.05, 3.63) is 83.0 Å². The van der Waals surface area contributed by atoms with Gasteiger partial charge in [-0.1, -0.05) is 87.9 Å². The number of nitrogens with zero attached hydrogens (tertiary/aromatic N) is 1. The Morgan fingerprint density at radius 2 is 1.74 bits per heavy atom. The molecule has 18 aliphatic rings. The molecule has 0 unspecified atom stereocenters. The fourth-order valence-electron chi connectivity index (χ4n) is 30.3. The summed E-state index contributed by atoms with van der Waals surface area (Å²) in [5, 5.41) is 42.3. The fraction of sp³-hybridized carbons (Fsp3) is 0.759. The van der Waals surface area contributed by atoms with Gasteiger partial charge in [-0.2, -0.15) is 0 Å². The van der Waals surface area contributed by atoms with Crippen LogP contribution in [0.3, 0.4) is 0 Å². The van der Waals surface area contributed by atoms with E-state index in [1.807, 2.05) is 6.26 Å². The number of ketones is 1. The topological polar surface area (TPSA) is 181 Å². The Balaban J connectivity index is 0.840. The van der Waals surface area contributed by atoms with Crippen molar-refractivity contribution in [1.82, 2.24) is 10.2 Å². The molecule has 27 atom stereocenters. The Bertz CT molecular complexity index is 3630. The monoisotopic (exact) mass is 1250 g/mol. The second-order valence-electron chi connectivity index (χ2n) is 35.8. The molecule has 0 amide bonds. The molecule has 4 N–H and O–H groups in total. The second kappa shape index (κ2) is 18.9. The largest absolute Gasteiger partial charge is 0.469 e. The minimum Gasteiger partial charge on any atom is -0.469 e. The number of aliphatic hydroxyl groups is 3. The molecule has 8 spiro atoms. The van der Waals surface area contributed by atoms with Gasteiger partial charge in [0.05, 0.1) is 54.4 Å². The summed E-state index contributed by atoms with van der Waals surface area (Å²) in [7, 11) is 0. The van der Waals surface area contributed by atoms with Crippen LogP contribution in [0, 0.1) is 133 Å². The maximum Gasteiger partial charge on any atom is 0.339 e. The molecule has 8 heterocycles. The van der Waals surface area contributed by atoms with E-state index in [1.54, 1.807) is 0 Å². The average Bonchev–Trinajstić information content (AvgIpc) is 1.40. The second-order valence-corrected chi connectivity index (χ2v) is 35.8. The average molecular weight is 1250 g/mol. The predicted molar refractivity (Wildman–Crippen MR) is 339 cm³/mol. The molecule has 7 aliphatic heterocycles. The number of rotatable bonds is 9. The van der Waals surface area contributed by atoms with Crippen LogP contribution >= 0.6 is 0 Å². The first-order valence-electron chi connectivity index (χ1n) is 37.2. The van der Waals surface area contributed by atoms with E-state index in [0.717, 1.165) is 108 Å². The number of benzene rings is 1. The van der Waals surface area contributed by atoms with Gasteiger partial charge >= 0.3 is 11.9 Å². The van der Waals surface area contributed by atoms with Gasteiger partial charge in [0, 0.05) is 47.2 Å². The number of esters is 2. The molecule has 0 radical (unpaired) electrons. The zero-order valence-electron chi connectivity index (χ0n) is 54.8. The molecule has 92 heavy (non-hydrogen) atoms. The van der Waals surface area contributed by atoms with Crippen molar-refractivity contribution in [2.45, 2.75) is 222 Å². The van der Waals surface area contributed by atoms with E-state index < -0.39 is 97.9 Å². The number of allylic oxidation sites excluding steroid dienone is 1. The zero-order chi connectivity index (χ0) is 62.3. The highest BCUT2D eigenvalue weighted by atomic mass is 16.7. The lowest BCUT2D eigenvalue weighted by molar-refractivity contribution is -0.320. The SMILES string of the molecule is CC(C)C[C@H]1C=C2C[C@H]3CC[C@@]4(CCC5(CCCC5)C4)[C@]34C[C@H]3C[C@]5(C)[C@]67O[C@@H]6C(=O)O[C@@]56c5c(coc5C[C@@H]([C@@H]5CC[C@H]8[C@H](C=CN9CNC[C@@H]89)C5)[C@H](O)CO)CC[C@H]6C#C[C@H]5CC[C@@H](Cc6ccccc6)C[C@H]5[C@]75[C@H](O)C(=O)[C@@H]6[C@@]1(C)O[C@]21[C@H]4C(=O)OC[C@@]61[C@@H]35.